The van der Waals surface area contributed by atoms with Crippen molar-refractivity contribution >= 4 is 23.6 Å². The molecule has 180 valence electrons. The maximum Gasteiger partial charge on any atom is 0.262 e. The highest BCUT2D eigenvalue weighted by Crippen LogP contribution is 2.32. The van der Waals surface area contributed by atoms with Gasteiger partial charge in [0.05, 0.1) is 11.1 Å². The van der Waals surface area contributed by atoms with E-state index >= 15 is 0 Å². The predicted molar refractivity (Wildman–Crippen MR) is 130 cm³/mol. The summed E-state index contributed by atoms with van der Waals surface area (Å²) >= 11 is 0. The van der Waals surface area contributed by atoms with Crippen LogP contribution in [0.25, 0.3) is 0 Å². The van der Waals surface area contributed by atoms with Crippen molar-refractivity contribution in [1.29, 1.82) is 0 Å². The van der Waals surface area contributed by atoms with Crippen LogP contribution in [0.1, 0.15) is 66.3 Å². The van der Waals surface area contributed by atoms with Crippen LogP contribution in [0, 0.1) is 0 Å². The molecule has 8 heteroatoms. The lowest BCUT2D eigenvalue weighted by molar-refractivity contribution is -0.130. The highest BCUT2D eigenvalue weighted by molar-refractivity contribution is 6.23. The monoisotopic (exact) mass is 464 g/mol. The number of nitrogens with one attached hydrogen (secondary N) is 2. The molecule has 8 nitrogen and oxygen atoms in total. The van der Waals surface area contributed by atoms with E-state index in [0.29, 0.717) is 49.5 Å². The summed E-state index contributed by atoms with van der Waals surface area (Å²) < 4.78 is 0. The van der Waals surface area contributed by atoms with Gasteiger partial charge in [-0.05, 0) is 57.7 Å². The lowest BCUT2D eigenvalue weighted by atomic mass is 9.91. The quantitative estimate of drug-likeness (QED) is 0.174. The van der Waals surface area contributed by atoms with Gasteiger partial charge in [-0.3, -0.25) is 19.3 Å². The molecular weight excluding hydrogens is 432 g/mol. The molecule has 1 aliphatic heterocycles. The molecule has 34 heavy (non-hydrogen) atoms. The molecule has 0 spiro atoms. The van der Waals surface area contributed by atoms with Gasteiger partial charge in [-0.25, -0.2) is 0 Å². The number of rotatable bonds is 11. The highest BCUT2D eigenvalue weighted by atomic mass is 16.6. The van der Waals surface area contributed by atoms with Crippen molar-refractivity contribution in [3.05, 3.63) is 71.3 Å². The molecule has 2 N–H and O–H groups in total. The van der Waals surface area contributed by atoms with Crippen LogP contribution in [0.3, 0.4) is 0 Å². The van der Waals surface area contributed by atoms with Crippen LogP contribution >= 0.6 is 0 Å². The minimum absolute atomic E-state index is 0.329. The van der Waals surface area contributed by atoms with Gasteiger partial charge in [0, 0.05) is 13.1 Å². The molecule has 0 bridgehead atoms. The Hall–Kier alpha value is -3.68. The van der Waals surface area contributed by atoms with Crippen molar-refractivity contribution in [2.24, 2.45) is 5.16 Å². The summed E-state index contributed by atoms with van der Waals surface area (Å²) in [7, 11) is 0. The molecule has 0 aromatic heterocycles. The lowest BCUT2D eigenvalue weighted by Crippen LogP contribution is -2.59. The number of carbonyl (C=O) groups excluding carboxylic acids is 3. The van der Waals surface area contributed by atoms with Gasteiger partial charge in [0.1, 0.15) is 18.0 Å². The number of hydrogen-bond acceptors (Lipinski definition) is 5. The third kappa shape index (κ3) is 5.62. The fourth-order valence-corrected chi connectivity index (χ4v) is 3.99. The number of nitrogens with zero attached hydrogens (tertiary/aromatic N) is 2. The first-order valence-electron chi connectivity index (χ1n) is 11.6. The Bertz CT molecular complexity index is 1020. The van der Waals surface area contributed by atoms with E-state index in [2.05, 4.69) is 15.8 Å². The summed E-state index contributed by atoms with van der Waals surface area (Å²) in [5.74, 6) is -0.524. The van der Waals surface area contributed by atoms with Crippen molar-refractivity contribution in [3.8, 4) is 0 Å². The summed E-state index contributed by atoms with van der Waals surface area (Å²) in [6.07, 6.45) is 1.71. The van der Waals surface area contributed by atoms with Crippen molar-refractivity contribution < 1.29 is 19.2 Å². The normalized spacial score (nSPS) is 15.0. The van der Waals surface area contributed by atoms with Gasteiger partial charge in [0.15, 0.2) is 0 Å². The predicted octanol–water partition coefficient (Wildman–Crippen LogP) is 3.49. The Morgan fingerprint density at radius 2 is 1.59 bits per heavy atom. The van der Waals surface area contributed by atoms with Gasteiger partial charge in [-0.2, -0.15) is 0 Å². The Kier molecular flexibility index (Phi) is 8.40. The first-order chi connectivity index (χ1) is 16.4. The molecular formula is C26H32N4O4. The van der Waals surface area contributed by atoms with E-state index in [1.54, 1.807) is 31.2 Å². The topological polar surface area (TPSA) is 100 Å². The molecule has 0 aliphatic carbocycles. The van der Waals surface area contributed by atoms with E-state index in [1.165, 1.54) is 0 Å². The Morgan fingerprint density at radius 1 is 0.971 bits per heavy atom. The second-order valence-corrected chi connectivity index (χ2v) is 8.44. The smallest absolute Gasteiger partial charge is 0.262 e. The van der Waals surface area contributed by atoms with Gasteiger partial charge in [0.25, 0.3) is 11.8 Å². The molecule has 0 fully saturated rings. The largest absolute Gasteiger partial charge is 0.390 e. The van der Waals surface area contributed by atoms with E-state index in [0.717, 1.165) is 16.9 Å². The maximum absolute atomic E-state index is 13.0. The zero-order chi connectivity index (χ0) is 24.6. The standard InChI is InChI=1S/C26H32N4O4/c1-4-27-25(33)26(3,30-23(31)21-14-8-9-15-22(21)24(30)32)16-10-11-17-28-19(2)29-34-18-20-12-6-5-7-13-20/h5-9,12-15H,4,10-11,16-18H2,1-3H3,(H,27,33)(H,28,29). The maximum atomic E-state index is 13.0. The first-order valence-corrected chi connectivity index (χ1v) is 11.6. The van der Waals surface area contributed by atoms with E-state index in [-0.39, 0.29) is 5.91 Å². The van der Waals surface area contributed by atoms with Crippen LogP contribution in [0.2, 0.25) is 0 Å². The van der Waals surface area contributed by atoms with Gasteiger partial charge in [0.2, 0.25) is 5.91 Å². The third-order valence-corrected chi connectivity index (χ3v) is 5.86. The van der Waals surface area contributed by atoms with Crippen LogP contribution in [-0.2, 0) is 16.2 Å². The summed E-state index contributed by atoms with van der Waals surface area (Å²) in [5, 5.41) is 10.0. The minimum Gasteiger partial charge on any atom is -0.390 e. The van der Waals surface area contributed by atoms with Crippen molar-refractivity contribution in [3.63, 3.8) is 0 Å². The molecule has 3 rings (SSSR count). The van der Waals surface area contributed by atoms with Crippen LogP contribution in [0.15, 0.2) is 59.8 Å². The molecule has 2 aromatic carbocycles. The number of fused-ring (bicyclic) bond motifs is 1. The van der Waals surface area contributed by atoms with Crippen molar-refractivity contribution in [2.75, 3.05) is 13.1 Å². The first kappa shape index (κ1) is 25.0. The van der Waals surface area contributed by atoms with Crippen molar-refractivity contribution in [2.45, 2.75) is 52.2 Å². The molecule has 2 aromatic rings. The van der Waals surface area contributed by atoms with Crippen LogP contribution in [-0.4, -0.2) is 47.1 Å². The minimum atomic E-state index is -1.27. The summed E-state index contributed by atoms with van der Waals surface area (Å²) in [6, 6.07) is 16.5. The molecule has 1 unspecified atom stereocenters. The second kappa shape index (κ2) is 11.4. The van der Waals surface area contributed by atoms with Gasteiger partial charge >= 0.3 is 0 Å². The number of likely N-dealkylation sites (N-methyl/N-ethyl adjacent to an activating group) is 1. The van der Waals surface area contributed by atoms with Gasteiger partial charge < -0.3 is 15.5 Å². The number of amidine groups is 1. The SMILES string of the molecule is CCNC(=O)C(C)(CCCCNC(C)=NOCc1ccccc1)N1C(=O)c2ccccc2C1=O. The molecule has 1 heterocycles. The Morgan fingerprint density at radius 3 is 2.21 bits per heavy atom. The van der Waals surface area contributed by atoms with E-state index in [1.807, 2.05) is 44.2 Å². The summed E-state index contributed by atoms with van der Waals surface area (Å²) in [6.45, 7) is 6.73. The fraction of sp³-hybridized carbons (Fsp3) is 0.385. The number of oxime groups is 1. The number of carbonyl (C=O) groups is 3. The number of unbranched alkanes of at least 4 members (excludes halogenated alkanes) is 1. The van der Waals surface area contributed by atoms with E-state index < -0.39 is 17.4 Å². The lowest BCUT2D eigenvalue weighted by Gasteiger charge is -2.36. The number of amides is 3. The number of hydrogen-bond donors (Lipinski definition) is 2. The number of imide groups is 1. The second-order valence-electron chi connectivity index (χ2n) is 8.44. The molecule has 3 amide bonds. The molecule has 0 saturated heterocycles. The molecule has 0 radical (unpaired) electrons. The van der Waals surface area contributed by atoms with Crippen LogP contribution in [0.5, 0.6) is 0 Å². The summed E-state index contributed by atoms with van der Waals surface area (Å²) in [5.41, 5.74) is 0.446. The average molecular weight is 465 g/mol. The Labute approximate surface area is 200 Å². The van der Waals surface area contributed by atoms with Gasteiger partial charge in [-0.15, -0.1) is 0 Å². The van der Waals surface area contributed by atoms with E-state index in [9.17, 15) is 14.4 Å². The van der Waals surface area contributed by atoms with Crippen LogP contribution < -0.4 is 10.6 Å². The molecule has 0 saturated carbocycles. The Balaban J connectivity index is 1.54. The van der Waals surface area contributed by atoms with E-state index in [4.69, 9.17) is 4.84 Å². The highest BCUT2D eigenvalue weighted by Gasteiger charge is 2.50. The fourth-order valence-electron chi connectivity index (χ4n) is 3.99. The zero-order valence-corrected chi connectivity index (χ0v) is 20.0. The third-order valence-electron chi connectivity index (χ3n) is 5.86. The number of benzene rings is 2. The van der Waals surface area contributed by atoms with Crippen LogP contribution in [0.4, 0.5) is 0 Å². The average Bonchev–Trinajstić information content (AvgIpc) is 3.10. The zero-order valence-electron chi connectivity index (χ0n) is 20.0. The molecule has 1 atom stereocenters. The molecule has 1 aliphatic rings. The summed E-state index contributed by atoms with van der Waals surface area (Å²) in [4.78, 5) is 45.5. The van der Waals surface area contributed by atoms with Crippen molar-refractivity contribution in [1.82, 2.24) is 15.5 Å². The van der Waals surface area contributed by atoms with Gasteiger partial charge in [-0.1, -0.05) is 47.6 Å².